The van der Waals surface area contributed by atoms with Crippen LogP contribution in [0.5, 0.6) is 0 Å². The number of hydrogen-bond acceptors (Lipinski definition) is 5. The minimum absolute atomic E-state index is 0.0601. The first kappa shape index (κ1) is 18.0. The molecule has 0 N–H and O–H groups in total. The lowest BCUT2D eigenvalue weighted by Crippen LogP contribution is -2.23. The molecule has 2 aliphatic rings. The van der Waals surface area contributed by atoms with Crippen molar-refractivity contribution in [1.29, 1.82) is 0 Å². The lowest BCUT2D eigenvalue weighted by atomic mass is 10.1. The molecule has 1 fully saturated rings. The van der Waals surface area contributed by atoms with Gasteiger partial charge >= 0.3 is 0 Å². The first-order chi connectivity index (χ1) is 13.5. The molecule has 2 aliphatic heterocycles. The third-order valence-corrected chi connectivity index (χ3v) is 5.09. The zero-order valence-corrected chi connectivity index (χ0v) is 15.6. The smallest absolute Gasteiger partial charge is 0.280 e. The van der Waals surface area contributed by atoms with Crippen LogP contribution in [0.1, 0.15) is 35.7 Å². The normalized spacial score (nSPS) is 18.1. The molecule has 0 radical (unpaired) electrons. The number of hydrogen-bond donors (Lipinski definition) is 0. The molecular formula is C22H20N3O3-. The van der Waals surface area contributed by atoms with Crippen molar-refractivity contribution < 1.29 is 14.7 Å². The van der Waals surface area contributed by atoms with Gasteiger partial charge in [-0.3, -0.25) is 4.79 Å². The molecular weight excluding hydrogens is 354 g/mol. The Morgan fingerprint density at radius 3 is 2.21 bits per heavy atom. The number of aromatic carboxylic acids is 1. The van der Waals surface area contributed by atoms with Crippen molar-refractivity contribution in [1.82, 2.24) is 0 Å². The van der Waals surface area contributed by atoms with Gasteiger partial charge in [0.1, 0.15) is 0 Å². The monoisotopic (exact) mass is 374 g/mol. The molecule has 28 heavy (non-hydrogen) atoms. The molecule has 0 unspecified atom stereocenters. The SMILES string of the molecule is CC1=NN(c2ccc(C(=O)[O-])cc2)C(=O)/C1=C/c1ccc(N2CCCC2)cc1. The van der Waals surface area contributed by atoms with Crippen molar-refractivity contribution in [3.05, 3.63) is 65.2 Å². The first-order valence-corrected chi connectivity index (χ1v) is 9.31. The molecule has 142 valence electrons. The number of nitrogens with zero attached hydrogens (tertiary/aromatic N) is 3. The summed E-state index contributed by atoms with van der Waals surface area (Å²) in [7, 11) is 0. The highest BCUT2D eigenvalue weighted by molar-refractivity contribution is 6.32. The summed E-state index contributed by atoms with van der Waals surface area (Å²) in [6.07, 6.45) is 4.30. The van der Waals surface area contributed by atoms with E-state index >= 15 is 0 Å². The van der Waals surface area contributed by atoms with Gasteiger partial charge in [0.2, 0.25) is 0 Å². The van der Waals surface area contributed by atoms with Gasteiger partial charge in [0, 0.05) is 18.8 Å². The standard InChI is InChI=1S/C22H21N3O3/c1-15-20(14-16-4-8-18(9-5-16)24-12-2-3-13-24)21(26)25(23-15)19-10-6-17(7-11-19)22(27)28/h4-11,14H,2-3,12-13H2,1H3,(H,27,28)/p-1/b20-14+. The van der Waals surface area contributed by atoms with E-state index in [2.05, 4.69) is 22.1 Å². The minimum atomic E-state index is -1.25. The van der Waals surface area contributed by atoms with Gasteiger partial charge in [-0.15, -0.1) is 0 Å². The topological polar surface area (TPSA) is 76.0 Å². The molecule has 2 aromatic carbocycles. The average Bonchev–Trinajstić information content (AvgIpc) is 3.33. The number of carboxylic acid groups (broad SMARTS) is 1. The van der Waals surface area contributed by atoms with Crippen LogP contribution in [0.4, 0.5) is 11.4 Å². The van der Waals surface area contributed by atoms with Crippen LogP contribution in [-0.2, 0) is 4.79 Å². The molecule has 6 nitrogen and oxygen atoms in total. The Labute approximate surface area is 163 Å². The second kappa shape index (κ2) is 7.31. The highest BCUT2D eigenvalue weighted by atomic mass is 16.4. The molecule has 2 aromatic rings. The van der Waals surface area contributed by atoms with Crippen molar-refractivity contribution in [3.8, 4) is 0 Å². The maximum absolute atomic E-state index is 12.8. The maximum Gasteiger partial charge on any atom is 0.280 e. The second-order valence-electron chi connectivity index (χ2n) is 6.98. The molecule has 1 amide bonds. The maximum atomic E-state index is 12.8. The first-order valence-electron chi connectivity index (χ1n) is 9.31. The molecule has 6 heteroatoms. The fraction of sp³-hybridized carbons (Fsp3) is 0.227. The van der Waals surface area contributed by atoms with Crippen molar-refractivity contribution in [2.45, 2.75) is 19.8 Å². The average molecular weight is 374 g/mol. The largest absolute Gasteiger partial charge is 0.545 e. The number of carboxylic acids is 1. The van der Waals surface area contributed by atoms with Gasteiger partial charge in [-0.05, 0) is 61.2 Å². The van der Waals surface area contributed by atoms with Gasteiger partial charge in [-0.2, -0.15) is 10.1 Å². The van der Waals surface area contributed by atoms with Crippen LogP contribution in [-0.4, -0.2) is 30.7 Å². The van der Waals surface area contributed by atoms with E-state index in [9.17, 15) is 14.7 Å². The van der Waals surface area contributed by atoms with Crippen LogP contribution < -0.4 is 15.0 Å². The molecule has 0 aromatic heterocycles. The van der Waals surface area contributed by atoms with E-state index in [1.807, 2.05) is 18.2 Å². The summed E-state index contributed by atoms with van der Waals surface area (Å²) in [4.78, 5) is 26.1. The van der Waals surface area contributed by atoms with E-state index in [1.165, 1.54) is 35.7 Å². The van der Waals surface area contributed by atoms with E-state index in [4.69, 9.17) is 0 Å². The van der Waals surface area contributed by atoms with Gasteiger partial charge in [-0.1, -0.05) is 24.3 Å². The Balaban J connectivity index is 1.54. The summed E-state index contributed by atoms with van der Waals surface area (Å²) < 4.78 is 0. The molecule has 0 spiro atoms. The van der Waals surface area contributed by atoms with Crippen LogP contribution in [0.3, 0.4) is 0 Å². The van der Waals surface area contributed by atoms with E-state index in [0.29, 0.717) is 17.0 Å². The third kappa shape index (κ3) is 3.41. The summed E-state index contributed by atoms with van der Waals surface area (Å²) in [5, 5.41) is 16.5. The Morgan fingerprint density at radius 2 is 1.61 bits per heavy atom. The van der Waals surface area contributed by atoms with E-state index in [0.717, 1.165) is 18.7 Å². The Hall–Kier alpha value is -3.41. The van der Waals surface area contributed by atoms with Crippen LogP contribution in [0.25, 0.3) is 6.08 Å². The van der Waals surface area contributed by atoms with E-state index in [1.54, 1.807) is 19.1 Å². The lowest BCUT2D eigenvalue weighted by Gasteiger charge is -2.17. The van der Waals surface area contributed by atoms with Gasteiger partial charge in [-0.25, -0.2) is 0 Å². The van der Waals surface area contributed by atoms with Crippen molar-refractivity contribution in [2.24, 2.45) is 5.10 Å². The van der Waals surface area contributed by atoms with Crippen molar-refractivity contribution in [3.63, 3.8) is 0 Å². The predicted octanol–water partition coefficient (Wildman–Crippen LogP) is 2.46. The van der Waals surface area contributed by atoms with Gasteiger partial charge in [0.25, 0.3) is 5.91 Å². The highest BCUT2D eigenvalue weighted by Gasteiger charge is 2.28. The molecule has 1 saturated heterocycles. The van der Waals surface area contributed by atoms with Crippen LogP contribution in [0.15, 0.2) is 59.2 Å². The van der Waals surface area contributed by atoms with Crippen LogP contribution in [0.2, 0.25) is 0 Å². The van der Waals surface area contributed by atoms with E-state index in [-0.39, 0.29) is 11.5 Å². The number of hydrazone groups is 1. The molecule has 2 heterocycles. The van der Waals surface area contributed by atoms with Crippen LogP contribution in [0, 0.1) is 0 Å². The Kier molecular flexibility index (Phi) is 4.69. The quantitative estimate of drug-likeness (QED) is 0.771. The Morgan fingerprint density at radius 1 is 1.00 bits per heavy atom. The molecule has 4 rings (SSSR count). The molecule has 0 saturated carbocycles. The summed E-state index contributed by atoms with van der Waals surface area (Å²) >= 11 is 0. The number of amides is 1. The zero-order chi connectivity index (χ0) is 19.7. The zero-order valence-electron chi connectivity index (χ0n) is 15.6. The van der Waals surface area contributed by atoms with Crippen molar-refractivity contribution >= 4 is 35.0 Å². The number of benzene rings is 2. The van der Waals surface area contributed by atoms with Crippen molar-refractivity contribution in [2.75, 3.05) is 23.0 Å². The van der Waals surface area contributed by atoms with Gasteiger partial charge in [0.15, 0.2) is 0 Å². The van der Waals surface area contributed by atoms with Gasteiger partial charge < -0.3 is 14.8 Å². The van der Waals surface area contributed by atoms with Crippen LogP contribution >= 0.6 is 0 Å². The Bertz CT molecular complexity index is 969. The summed E-state index contributed by atoms with van der Waals surface area (Å²) in [6, 6.07) is 14.1. The lowest BCUT2D eigenvalue weighted by molar-refractivity contribution is -0.255. The fourth-order valence-electron chi connectivity index (χ4n) is 3.52. The van der Waals surface area contributed by atoms with Gasteiger partial charge in [0.05, 0.1) is 22.9 Å². The number of carbonyl (C=O) groups excluding carboxylic acids is 2. The second-order valence-corrected chi connectivity index (χ2v) is 6.98. The predicted molar refractivity (Wildman–Crippen MR) is 107 cm³/mol. The third-order valence-electron chi connectivity index (χ3n) is 5.09. The molecule has 0 aliphatic carbocycles. The summed E-state index contributed by atoms with van der Waals surface area (Å²) in [5.74, 6) is -1.49. The minimum Gasteiger partial charge on any atom is -0.545 e. The fourth-order valence-corrected chi connectivity index (χ4v) is 3.52. The molecule has 0 atom stereocenters. The number of carbonyl (C=O) groups is 2. The summed E-state index contributed by atoms with van der Waals surface area (Å²) in [5.41, 5.74) is 3.87. The molecule has 0 bridgehead atoms. The highest BCUT2D eigenvalue weighted by Crippen LogP contribution is 2.26. The number of anilines is 2. The van der Waals surface area contributed by atoms with E-state index < -0.39 is 5.97 Å². The number of rotatable bonds is 4. The summed E-state index contributed by atoms with van der Waals surface area (Å²) in [6.45, 7) is 3.98.